The highest BCUT2D eigenvalue weighted by Gasteiger charge is 2.13. The number of thiophene rings is 1. The number of rotatable bonds is 2. The van der Waals surface area contributed by atoms with Gasteiger partial charge in [0.15, 0.2) is 0 Å². The first-order valence-corrected chi connectivity index (χ1v) is 8.60. The third kappa shape index (κ3) is 2.65. The fourth-order valence-corrected chi connectivity index (χ4v) is 3.66. The van der Waals surface area contributed by atoms with Gasteiger partial charge >= 0.3 is 0 Å². The lowest BCUT2D eigenvalue weighted by Crippen LogP contribution is -2.11. The summed E-state index contributed by atoms with van der Waals surface area (Å²) < 4.78 is 0. The van der Waals surface area contributed by atoms with Crippen LogP contribution >= 0.6 is 11.3 Å². The molecular weight excluding hydrogens is 316 g/mol. The highest BCUT2D eigenvalue weighted by atomic mass is 32.1. The number of fused-ring (bicyclic) bond motifs is 2. The molecule has 24 heavy (non-hydrogen) atoms. The Kier molecular flexibility index (Phi) is 3.54. The molecule has 0 saturated heterocycles. The summed E-state index contributed by atoms with van der Waals surface area (Å²) in [5.41, 5.74) is 3.99. The number of carbonyl (C=O) groups is 1. The van der Waals surface area contributed by atoms with Gasteiger partial charge in [-0.1, -0.05) is 30.3 Å². The summed E-state index contributed by atoms with van der Waals surface area (Å²) in [7, 11) is 0. The van der Waals surface area contributed by atoms with Gasteiger partial charge in [-0.2, -0.15) is 0 Å². The van der Waals surface area contributed by atoms with E-state index >= 15 is 0 Å². The summed E-state index contributed by atoms with van der Waals surface area (Å²) in [4.78, 5) is 18.8. The van der Waals surface area contributed by atoms with Gasteiger partial charge in [-0.3, -0.25) is 4.79 Å². The summed E-state index contributed by atoms with van der Waals surface area (Å²) in [5, 5.41) is 5.11. The lowest BCUT2D eigenvalue weighted by atomic mass is 10.1. The van der Waals surface area contributed by atoms with Gasteiger partial charge in [-0.05, 0) is 49.2 Å². The molecule has 0 unspecified atom stereocenters. The molecule has 1 N–H and O–H groups in total. The molecule has 0 aliphatic rings. The average Bonchev–Trinajstić information content (AvgIpc) is 2.99. The van der Waals surface area contributed by atoms with Crippen molar-refractivity contribution >= 4 is 44.1 Å². The third-order valence-electron chi connectivity index (χ3n) is 4.07. The van der Waals surface area contributed by atoms with Crippen LogP contribution in [-0.2, 0) is 0 Å². The van der Waals surface area contributed by atoms with E-state index in [1.807, 2.05) is 62.4 Å². The zero-order chi connectivity index (χ0) is 16.7. The molecule has 4 heteroatoms. The topological polar surface area (TPSA) is 42.0 Å². The van der Waals surface area contributed by atoms with E-state index in [1.54, 1.807) is 0 Å². The van der Waals surface area contributed by atoms with Crippen molar-refractivity contribution in [1.82, 2.24) is 4.98 Å². The number of nitrogens with one attached hydrogen (secondary N) is 1. The number of hydrogen-bond donors (Lipinski definition) is 1. The largest absolute Gasteiger partial charge is 0.321 e. The van der Waals surface area contributed by atoms with Gasteiger partial charge in [-0.25, -0.2) is 4.98 Å². The molecule has 4 rings (SSSR count). The molecule has 3 nitrogen and oxygen atoms in total. The Morgan fingerprint density at radius 3 is 2.71 bits per heavy atom. The molecule has 0 atom stereocenters. The minimum absolute atomic E-state index is 0.0873. The molecule has 1 amide bonds. The molecule has 2 aromatic carbocycles. The maximum atomic E-state index is 12.6. The van der Waals surface area contributed by atoms with Crippen molar-refractivity contribution in [2.45, 2.75) is 13.8 Å². The minimum Gasteiger partial charge on any atom is -0.321 e. The molecule has 4 aromatic rings. The van der Waals surface area contributed by atoms with E-state index in [2.05, 4.69) is 16.4 Å². The molecule has 0 radical (unpaired) electrons. The summed E-state index contributed by atoms with van der Waals surface area (Å²) in [5.74, 6) is -0.0873. The summed E-state index contributed by atoms with van der Waals surface area (Å²) in [6, 6.07) is 18.1. The predicted octanol–water partition coefficient (Wildman–Crippen LogP) is 5.32. The van der Waals surface area contributed by atoms with Crippen LogP contribution in [0.1, 0.15) is 20.8 Å². The lowest BCUT2D eigenvalue weighted by molar-refractivity contribution is 0.103. The molecular formula is C20H16N2OS. The lowest BCUT2D eigenvalue weighted by Gasteiger charge is -2.08. The van der Waals surface area contributed by atoms with E-state index in [4.69, 9.17) is 0 Å². The standard InChI is InChI=1S/C20H16N2OS/c1-12-7-8-13(2)17(9-12)21-19(23)18-11-15-10-14-5-3-4-6-16(14)22-20(15)24-18/h3-11H,1-2H3,(H,21,23). The molecule has 0 bridgehead atoms. The van der Waals surface area contributed by atoms with Crippen molar-refractivity contribution in [3.8, 4) is 0 Å². The van der Waals surface area contributed by atoms with Crippen molar-refractivity contribution < 1.29 is 4.79 Å². The molecule has 0 aliphatic heterocycles. The monoisotopic (exact) mass is 332 g/mol. The fraction of sp³-hybridized carbons (Fsp3) is 0.100. The van der Waals surface area contributed by atoms with Crippen LogP contribution < -0.4 is 5.32 Å². The van der Waals surface area contributed by atoms with Crippen LogP contribution in [0.2, 0.25) is 0 Å². The Balaban J connectivity index is 1.71. The second kappa shape index (κ2) is 5.73. The zero-order valence-electron chi connectivity index (χ0n) is 13.5. The van der Waals surface area contributed by atoms with Crippen molar-refractivity contribution in [2.75, 3.05) is 5.32 Å². The number of hydrogen-bond acceptors (Lipinski definition) is 3. The molecule has 0 aliphatic carbocycles. The number of para-hydroxylation sites is 1. The minimum atomic E-state index is -0.0873. The fourth-order valence-electron chi connectivity index (χ4n) is 2.74. The second-order valence-corrected chi connectivity index (χ2v) is 6.99. The smallest absolute Gasteiger partial charge is 0.265 e. The number of aryl methyl sites for hydroxylation is 2. The maximum absolute atomic E-state index is 12.6. The van der Waals surface area contributed by atoms with Crippen LogP contribution in [-0.4, -0.2) is 10.9 Å². The van der Waals surface area contributed by atoms with Gasteiger partial charge in [0.05, 0.1) is 10.4 Å². The molecule has 2 aromatic heterocycles. The average molecular weight is 332 g/mol. The van der Waals surface area contributed by atoms with Crippen molar-refractivity contribution in [3.63, 3.8) is 0 Å². The van der Waals surface area contributed by atoms with Gasteiger partial charge in [0.2, 0.25) is 0 Å². The van der Waals surface area contributed by atoms with E-state index < -0.39 is 0 Å². The number of aromatic nitrogens is 1. The van der Waals surface area contributed by atoms with Gasteiger partial charge in [0.25, 0.3) is 5.91 Å². The van der Waals surface area contributed by atoms with Gasteiger partial charge in [0, 0.05) is 16.5 Å². The Morgan fingerprint density at radius 1 is 1.00 bits per heavy atom. The van der Waals surface area contributed by atoms with E-state index in [0.717, 1.165) is 37.9 Å². The Hall–Kier alpha value is -2.72. The normalized spacial score (nSPS) is 11.1. The van der Waals surface area contributed by atoms with Crippen LogP contribution in [0.25, 0.3) is 21.1 Å². The first-order chi connectivity index (χ1) is 11.6. The summed E-state index contributed by atoms with van der Waals surface area (Å²) in [6.45, 7) is 4.01. The first kappa shape index (κ1) is 14.8. The van der Waals surface area contributed by atoms with E-state index in [9.17, 15) is 4.79 Å². The van der Waals surface area contributed by atoms with Gasteiger partial charge < -0.3 is 5.32 Å². The zero-order valence-corrected chi connectivity index (χ0v) is 14.3. The maximum Gasteiger partial charge on any atom is 0.265 e. The van der Waals surface area contributed by atoms with Crippen LogP contribution in [0.5, 0.6) is 0 Å². The van der Waals surface area contributed by atoms with E-state index in [-0.39, 0.29) is 5.91 Å². The number of amides is 1. The molecule has 118 valence electrons. The molecule has 0 spiro atoms. The number of carbonyl (C=O) groups excluding carboxylic acids is 1. The summed E-state index contributed by atoms with van der Waals surface area (Å²) >= 11 is 1.43. The van der Waals surface area contributed by atoms with E-state index in [0.29, 0.717) is 4.88 Å². The van der Waals surface area contributed by atoms with Crippen LogP contribution in [0.15, 0.2) is 54.6 Å². The Bertz CT molecular complexity index is 1030. The highest BCUT2D eigenvalue weighted by molar-refractivity contribution is 7.20. The van der Waals surface area contributed by atoms with Gasteiger partial charge in [0.1, 0.15) is 4.83 Å². The quantitative estimate of drug-likeness (QED) is 0.540. The number of nitrogens with zero attached hydrogens (tertiary/aromatic N) is 1. The van der Waals surface area contributed by atoms with Crippen molar-refractivity contribution in [1.29, 1.82) is 0 Å². The van der Waals surface area contributed by atoms with Gasteiger partial charge in [-0.15, -0.1) is 11.3 Å². The third-order valence-corrected chi connectivity index (χ3v) is 5.12. The molecule has 0 saturated carbocycles. The highest BCUT2D eigenvalue weighted by Crippen LogP contribution is 2.28. The van der Waals surface area contributed by atoms with E-state index in [1.165, 1.54) is 11.3 Å². The molecule has 0 fully saturated rings. The van der Waals surface area contributed by atoms with Crippen molar-refractivity contribution in [2.24, 2.45) is 0 Å². The Labute approximate surface area is 144 Å². The number of benzene rings is 2. The predicted molar refractivity (Wildman–Crippen MR) is 101 cm³/mol. The Morgan fingerprint density at radius 2 is 1.83 bits per heavy atom. The summed E-state index contributed by atoms with van der Waals surface area (Å²) in [6.07, 6.45) is 0. The van der Waals surface area contributed by atoms with Crippen molar-refractivity contribution in [3.05, 3.63) is 70.6 Å². The molecule has 2 heterocycles. The number of pyridine rings is 1. The van der Waals surface area contributed by atoms with Crippen LogP contribution in [0, 0.1) is 13.8 Å². The van der Waals surface area contributed by atoms with Crippen LogP contribution in [0.3, 0.4) is 0 Å². The SMILES string of the molecule is Cc1ccc(C)c(NC(=O)c2cc3cc4ccccc4nc3s2)c1. The van der Waals surface area contributed by atoms with Crippen LogP contribution in [0.4, 0.5) is 5.69 Å². The second-order valence-electron chi connectivity index (χ2n) is 5.96. The first-order valence-electron chi connectivity index (χ1n) is 7.78. The number of anilines is 1.